The molecule has 124 valence electrons. The van der Waals surface area contributed by atoms with Gasteiger partial charge in [-0.3, -0.25) is 0 Å². The zero-order chi connectivity index (χ0) is 17.6. The molecule has 2 heteroatoms. The van der Waals surface area contributed by atoms with Crippen LogP contribution in [0.25, 0.3) is 0 Å². The van der Waals surface area contributed by atoms with Crippen molar-refractivity contribution < 1.29 is 9.53 Å². The Hall–Kier alpha value is -1.57. The molecule has 0 aromatic heterocycles. The molecule has 1 rings (SSSR count). The van der Waals surface area contributed by atoms with Crippen LogP contribution in [0.3, 0.4) is 0 Å². The van der Waals surface area contributed by atoms with E-state index in [1.807, 2.05) is 13.8 Å². The molecule has 0 amide bonds. The van der Waals surface area contributed by atoms with Gasteiger partial charge in [0.25, 0.3) is 0 Å². The van der Waals surface area contributed by atoms with Crippen LogP contribution in [0.15, 0.2) is 41.5 Å². The summed E-state index contributed by atoms with van der Waals surface area (Å²) in [5.74, 6) is -0.241. The molecule has 0 unspecified atom stereocenters. The average Bonchev–Trinajstić information content (AvgIpc) is 2.46. The molecule has 0 heterocycles. The number of hydrogen-bond donors (Lipinski definition) is 0. The van der Waals surface area contributed by atoms with E-state index in [1.54, 1.807) is 6.92 Å². The van der Waals surface area contributed by atoms with Crippen LogP contribution < -0.4 is 0 Å². The lowest BCUT2D eigenvalue weighted by molar-refractivity contribution is -0.136. The standard InChI is InChI=1S/C13H20.C7H12O2/c1-12(2,3)13(4,5)11-9-7-6-8-10-11;1-5(2)6(3)7(8)9-4/h6-10H,1-5H3;1-4H3. The van der Waals surface area contributed by atoms with E-state index < -0.39 is 0 Å². The predicted molar refractivity (Wildman–Crippen MR) is 95.0 cm³/mol. The fraction of sp³-hybridized carbons (Fsp3) is 0.550. The number of allylic oxidation sites excluding steroid dienone is 1. The number of rotatable bonds is 2. The third-order valence-corrected chi connectivity index (χ3v) is 4.61. The van der Waals surface area contributed by atoms with Crippen molar-refractivity contribution in [1.29, 1.82) is 0 Å². The van der Waals surface area contributed by atoms with Crippen molar-refractivity contribution >= 4 is 5.97 Å². The topological polar surface area (TPSA) is 26.3 Å². The highest BCUT2D eigenvalue weighted by atomic mass is 16.5. The minimum absolute atomic E-state index is 0.230. The van der Waals surface area contributed by atoms with Gasteiger partial charge >= 0.3 is 5.97 Å². The lowest BCUT2D eigenvalue weighted by Crippen LogP contribution is -2.33. The minimum atomic E-state index is -0.241. The van der Waals surface area contributed by atoms with E-state index in [1.165, 1.54) is 12.7 Å². The molecular weight excluding hydrogens is 272 g/mol. The molecule has 0 atom stereocenters. The Morgan fingerprint density at radius 3 is 1.64 bits per heavy atom. The normalized spacial score (nSPS) is 11.1. The molecule has 0 aliphatic rings. The third-order valence-electron chi connectivity index (χ3n) is 4.61. The van der Waals surface area contributed by atoms with E-state index in [0.717, 1.165) is 5.57 Å². The lowest BCUT2D eigenvalue weighted by Gasteiger charge is -2.39. The number of carbonyl (C=O) groups is 1. The van der Waals surface area contributed by atoms with Gasteiger partial charge in [-0.15, -0.1) is 0 Å². The molecule has 2 nitrogen and oxygen atoms in total. The molecule has 0 saturated heterocycles. The summed E-state index contributed by atoms with van der Waals surface area (Å²) in [7, 11) is 1.38. The second-order valence-electron chi connectivity index (χ2n) is 7.36. The first-order chi connectivity index (χ1) is 9.95. The monoisotopic (exact) mass is 304 g/mol. The minimum Gasteiger partial charge on any atom is -0.466 e. The Morgan fingerprint density at radius 2 is 1.36 bits per heavy atom. The number of hydrogen-bond acceptors (Lipinski definition) is 2. The molecule has 1 aromatic carbocycles. The van der Waals surface area contributed by atoms with E-state index in [9.17, 15) is 4.79 Å². The number of ether oxygens (including phenoxy) is 1. The van der Waals surface area contributed by atoms with Crippen molar-refractivity contribution in [3.8, 4) is 0 Å². The lowest BCUT2D eigenvalue weighted by atomic mass is 9.65. The number of esters is 1. The molecule has 22 heavy (non-hydrogen) atoms. The van der Waals surface area contributed by atoms with E-state index in [-0.39, 0.29) is 11.4 Å². The van der Waals surface area contributed by atoms with Crippen molar-refractivity contribution in [2.75, 3.05) is 7.11 Å². The van der Waals surface area contributed by atoms with Crippen LogP contribution >= 0.6 is 0 Å². The van der Waals surface area contributed by atoms with Crippen LogP contribution in [0.2, 0.25) is 0 Å². The van der Waals surface area contributed by atoms with Crippen molar-refractivity contribution in [2.45, 2.75) is 60.8 Å². The van der Waals surface area contributed by atoms with Crippen molar-refractivity contribution in [1.82, 2.24) is 0 Å². The van der Waals surface area contributed by atoms with Gasteiger partial charge in [-0.05, 0) is 37.2 Å². The van der Waals surface area contributed by atoms with Gasteiger partial charge in [-0.2, -0.15) is 0 Å². The summed E-state index contributed by atoms with van der Waals surface area (Å²) in [6, 6.07) is 10.7. The van der Waals surface area contributed by atoms with Crippen LogP contribution in [0.4, 0.5) is 0 Å². The molecule has 0 spiro atoms. The zero-order valence-electron chi connectivity index (χ0n) is 15.7. The summed E-state index contributed by atoms with van der Waals surface area (Å²) < 4.78 is 4.48. The highest BCUT2D eigenvalue weighted by molar-refractivity contribution is 5.88. The Balaban J connectivity index is 0.000000433. The summed E-state index contributed by atoms with van der Waals surface area (Å²) in [6.45, 7) is 17.0. The van der Waals surface area contributed by atoms with Gasteiger partial charge in [0.15, 0.2) is 0 Å². The molecule has 0 saturated carbocycles. The van der Waals surface area contributed by atoms with Gasteiger partial charge in [0.1, 0.15) is 0 Å². The SMILES string of the molecule is CC(C)(C)C(C)(C)c1ccccc1.COC(=O)C(C)=C(C)C. The first-order valence-corrected chi connectivity index (χ1v) is 7.73. The van der Waals surface area contributed by atoms with E-state index in [0.29, 0.717) is 11.0 Å². The molecule has 0 aliphatic heterocycles. The summed E-state index contributed by atoms with van der Waals surface area (Å²) >= 11 is 0. The van der Waals surface area contributed by atoms with Gasteiger partial charge in [0.05, 0.1) is 7.11 Å². The van der Waals surface area contributed by atoms with Gasteiger partial charge < -0.3 is 4.74 Å². The number of carbonyl (C=O) groups excluding carboxylic acids is 1. The van der Waals surface area contributed by atoms with Crippen molar-refractivity contribution in [2.24, 2.45) is 5.41 Å². The quantitative estimate of drug-likeness (QED) is 0.530. The zero-order valence-corrected chi connectivity index (χ0v) is 15.7. The van der Waals surface area contributed by atoms with Gasteiger partial charge in [0.2, 0.25) is 0 Å². The maximum absolute atomic E-state index is 10.7. The molecule has 1 aromatic rings. The van der Waals surface area contributed by atoms with Gasteiger partial charge in [-0.1, -0.05) is 70.5 Å². The maximum Gasteiger partial charge on any atom is 0.333 e. The largest absolute Gasteiger partial charge is 0.466 e. The van der Waals surface area contributed by atoms with Crippen LogP contribution in [-0.4, -0.2) is 13.1 Å². The van der Waals surface area contributed by atoms with E-state index >= 15 is 0 Å². The molecular formula is C20H32O2. The van der Waals surface area contributed by atoms with Crippen molar-refractivity contribution in [3.63, 3.8) is 0 Å². The Kier molecular flexibility index (Phi) is 7.58. The second kappa shape index (κ2) is 8.17. The Bertz CT molecular complexity index is 498. The Morgan fingerprint density at radius 1 is 0.909 bits per heavy atom. The van der Waals surface area contributed by atoms with Crippen LogP contribution in [0.5, 0.6) is 0 Å². The highest BCUT2D eigenvalue weighted by Gasteiger charge is 2.33. The molecule has 0 fully saturated rings. The molecule has 0 N–H and O–H groups in total. The molecule has 0 bridgehead atoms. The maximum atomic E-state index is 10.7. The van der Waals surface area contributed by atoms with Gasteiger partial charge in [0, 0.05) is 5.57 Å². The number of benzene rings is 1. The van der Waals surface area contributed by atoms with E-state index in [2.05, 4.69) is 69.7 Å². The smallest absolute Gasteiger partial charge is 0.333 e. The summed E-state index contributed by atoms with van der Waals surface area (Å²) in [6.07, 6.45) is 0. The van der Waals surface area contributed by atoms with Crippen LogP contribution in [0.1, 0.15) is 61.0 Å². The van der Waals surface area contributed by atoms with E-state index in [4.69, 9.17) is 0 Å². The van der Waals surface area contributed by atoms with Crippen LogP contribution in [0, 0.1) is 5.41 Å². The third kappa shape index (κ3) is 5.67. The molecule has 0 aliphatic carbocycles. The average molecular weight is 304 g/mol. The van der Waals surface area contributed by atoms with Crippen LogP contribution in [-0.2, 0) is 14.9 Å². The van der Waals surface area contributed by atoms with Crippen molar-refractivity contribution in [3.05, 3.63) is 47.0 Å². The first-order valence-electron chi connectivity index (χ1n) is 7.73. The predicted octanol–water partition coefficient (Wildman–Crippen LogP) is 5.53. The van der Waals surface area contributed by atoms with Gasteiger partial charge in [-0.25, -0.2) is 4.79 Å². The summed E-state index contributed by atoms with van der Waals surface area (Å²) in [4.78, 5) is 10.7. The first kappa shape index (κ1) is 20.4. The fourth-order valence-corrected chi connectivity index (χ4v) is 1.65. The fourth-order valence-electron chi connectivity index (χ4n) is 1.65. The molecule has 0 radical (unpaired) electrons. The second-order valence-corrected chi connectivity index (χ2v) is 7.36. The summed E-state index contributed by atoms with van der Waals surface area (Å²) in [5.41, 5.74) is 3.64. The highest BCUT2D eigenvalue weighted by Crippen LogP contribution is 2.40. The Labute approximate surface area is 136 Å². The summed E-state index contributed by atoms with van der Waals surface area (Å²) in [5, 5.41) is 0. The number of methoxy groups -OCH3 is 1.